The van der Waals surface area contributed by atoms with E-state index in [2.05, 4.69) is 9.72 Å². The highest BCUT2D eigenvalue weighted by Crippen LogP contribution is 2.28. The number of hydrogen-bond donors (Lipinski definition) is 0. The minimum Gasteiger partial charge on any atom is -0.469 e. The topological polar surface area (TPSA) is 39.2 Å². The summed E-state index contributed by atoms with van der Waals surface area (Å²) in [5.41, 5.74) is 0.203. The largest absolute Gasteiger partial charge is 0.469 e. The summed E-state index contributed by atoms with van der Waals surface area (Å²) in [5, 5.41) is -0.326. The molecule has 0 aliphatic carbocycles. The molecule has 1 heterocycles. The predicted octanol–water partition coefficient (Wildman–Crippen LogP) is 3.13. The third-order valence-corrected chi connectivity index (χ3v) is 2.68. The molecule has 17 heavy (non-hydrogen) atoms. The lowest BCUT2D eigenvalue weighted by molar-refractivity contribution is -0.139. The summed E-state index contributed by atoms with van der Waals surface area (Å²) in [6.07, 6.45) is -2.88. The molecule has 1 rings (SSSR count). The highest BCUT2D eigenvalue weighted by Gasteiger charge is 2.18. The van der Waals surface area contributed by atoms with Crippen LogP contribution >= 0.6 is 23.2 Å². The first kappa shape index (κ1) is 14.1. The van der Waals surface area contributed by atoms with Gasteiger partial charge in [0.15, 0.2) is 0 Å². The van der Waals surface area contributed by atoms with E-state index in [4.69, 9.17) is 23.2 Å². The van der Waals surface area contributed by atoms with Gasteiger partial charge in [-0.05, 0) is 11.6 Å². The second kappa shape index (κ2) is 6.12. The van der Waals surface area contributed by atoms with E-state index in [-0.39, 0.29) is 23.1 Å². The Hall–Kier alpha value is -0.940. The number of nitrogens with zero attached hydrogens (tertiary/aromatic N) is 1. The summed E-state index contributed by atoms with van der Waals surface area (Å²) in [7, 11) is 1.22. The Morgan fingerprint density at radius 1 is 1.59 bits per heavy atom. The Labute approximate surface area is 107 Å². The fourth-order valence-corrected chi connectivity index (χ4v) is 1.69. The number of carbonyl (C=O) groups excluding carboxylic acids is 1. The van der Waals surface area contributed by atoms with E-state index >= 15 is 0 Å². The Bertz CT molecular complexity index is 427. The highest BCUT2D eigenvalue weighted by molar-refractivity contribution is 6.30. The lowest BCUT2D eigenvalue weighted by Gasteiger charge is -2.09. The monoisotopic (exact) mass is 283 g/mol. The lowest BCUT2D eigenvalue weighted by atomic mass is 10.1. The van der Waals surface area contributed by atoms with Crippen molar-refractivity contribution in [2.75, 3.05) is 7.11 Å². The van der Waals surface area contributed by atoms with Crippen molar-refractivity contribution in [2.45, 2.75) is 18.7 Å². The van der Waals surface area contributed by atoms with E-state index in [9.17, 15) is 13.6 Å². The van der Waals surface area contributed by atoms with Crippen LogP contribution in [0.15, 0.2) is 6.07 Å². The Morgan fingerprint density at radius 2 is 2.24 bits per heavy atom. The maximum Gasteiger partial charge on any atom is 0.311 e. The summed E-state index contributed by atoms with van der Waals surface area (Å²) >= 11 is 11.2. The van der Waals surface area contributed by atoms with Gasteiger partial charge in [-0.3, -0.25) is 4.79 Å². The fraction of sp³-hybridized carbons (Fsp3) is 0.400. The Morgan fingerprint density at radius 3 is 2.71 bits per heavy atom. The van der Waals surface area contributed by atoms with Gasteiger partial charge in [0.1, 0.15) is 5.15 Å². The molecule has 3 nitrogen and oxygen atoms in total. The van der Waals surface area contributed by atoms with E-state index in [1.165, 1.54) is 7.11 Å². The molecule has 0 aliphatic heterocycles. The highest BCUT2D eigenvalue weighted by atomic mass is 35.5. The van der Waals surface area contributed by atoms with Crippen LogP contribution in [-0.2, 0) is 21.8 Å². The zero-order valence-corrected chi connectivity index (χ0v) is 10.4. The first-order chi connectivity index (χ1) is 7.99. The molecule has 94 valence electrons. The first-order valence-electron chi connectivity index (χ1n) is 4.58. The second-order valence-electron chi connectivity index (χ2n) is 3.16. The maximum absolute atomic E-state index is 12.5. The SMILES string of the molecule is COC(=O)Cc1nc(Cl)c(C(F)F)cc1CCl. The van der Waals surface area contributed by atoms with Gasteiger partial charge in [-0.1, -0.05) is 11.6 Å². The molecule has 0 spiro atoms. The standard InChI is InChI=1S/C10H9Cl2F2NO2/c1-17-8(16)3-7-5(4-11)2-6(10(13)14)9(12)15-7/h2,10H,3-4H2,1H3. The van der Waals surface area contributed by atoms with Crippen molar-refractivity contribution in [3.63, 3.8) is 0 Å². The molecular formula is C10H9Cl2F2NO2. The van der Waals surface area contributed by atoms with Crippen LogP contribution in [0, 0.1) is 0 Å². The summed E-state index contributed by atoms with van der Waals surface area (Å²) in [6.45, 7) is 0. The summed E-state index contributed by atoms with van der Waals surface area (Å²) in [5.74, 6) is -0.569. The van der Waals surface area contributed by atoms with Crippen molar-refractivity contribution >= 4 is 29.2 Å². The van der Waals surface area contributed by atoms with Gasteiger partial charge in [-0.15, -0.1) is 11.6 Å². The second-order valence-corrected chi connectivity index (χ2v) is 3.79. The number of methoxy groups -OCH3 is 1. The zero-order chi connectivity index (χ0) is 13.0. The predicted molar refractivity (Wildman–Crippen MR) is 59.5 cm³/mol. The Kier molecular flexibility index (Phi) is 5.08. The minimum atomic E-state index is -2.73. The van der Waals surface area contributed by atoms with Gasteiger partial charge >= 0.3 is 5.97 Å². The number of esters is 1. The number of hydrogen-bond acceptors (Lipinski definition) is 3. The van der Waals surface area contributed by atoms with Crippen molar-refractivity contribution in [3.05, 3.63) is 28.0 Å². The third-order valence-electron chi connectivity index (χ3n) is 2.09. The summed E-state index contributed by atoms with van der Waals surface area (Å²) < 4.78 is 29.5. The van der Waals surface area contributed by atoms with E-state index in [0.717, 1.165) is 6.07 Å². The number of pyridine rings is 1. The fourth-order valence-electron chi connectivity index (χ4n) is 1.22. The van der Waals surface area contributed by atoms with E-state index in [1.54, 1.807) is 0 Å². The van der Waals surface area contributed by atoms with Gasteiger partial charge in [-0.2, -0.15) is 0 Å². The number of alkyl halides is 3. The lowest BCUT2D eigenvalue weighted by Crippen LogP contribution is -2.09. The molecule has 0 saturated carbocycles. The van der Waals surface area contributed by atoms with Crippen molar-refractivity contribution < 1.29 is 18.3 Å². The van der Waals surface area contributed by atoms with Gasteiger partial charge in [0, 0.05) is 5.88 Å². The number of rotatable bonds is 4. The molecule has 1 aromatic heterocycles. The third kappa shape index (κ3) is 3.51. The smallest absolute Gasteiger partial charge is 0.311 e. The summed E-state index contributed by atoms with van der Waals surface area (Å²) in [6, 6.07) is 1.16. The molecule has 0 fully saturated rings. The van der Waals surface area contributed by atoms with Crippen LogP contribution in [0.25, 0.3) is 0 Å². The molecule has 0 aromatic carbocycles. The minimum absolute atomic E-state index is 0.0315. The van der Waals surface area contributed by atoms with Crippen LogP contribution in [0.4, 0.5) is 8.78 Å². The normalized spacial score (nSPS) is 10.7. The van der Waals surface area contributed by atoms with Crippen LogP contribution in [-0.4, -0.2) is 18.1 Å². The van der Waals surface area contributed by atoms with Gasteiger partial charge in [-0.25, -0.2) is 13.8 Å². The number of ether oxygens (including phenoxy) is 1. The molecule has 0 radical (unpaired) electrons. The van der Waals surface area contributed by atoms with Gasteiger partial charge < -0.3 is 4.74 Å². The van der Waals surface area contributed by atoms with Crippen LogP contribution in [0.2, 0.25) is 5.15 Å². The molecule has 0 saturated heterocycles. The van der Waals surface area contributed by atoms with Crippen LogP contribution in [0.3, 0.4) is 0 Å². The Balaban J connectivity index is 3.14. The molecule has 7 heteroatoms. The first-order valence-corrected chi connectivity index (χ1v) is 5.50. The molecule has 0 unspecified atom stereocenters. The maximum atomic E-state index is 12.5. The molecule has 0 N–H and O–H groups in total. The van der Waals surface area contributed by atoms with Crippen LogP contribution < -0.4 is 0 Å². The van der Waals surface area contributed by atoms with Crippen LogP contribution in [0.5, 0.6) is 0 Å². The van der Waals surface area contributed by atoms with Crippen molar-refractivity contribution in [1.29, 1.82) is 0 Å². The van der Waals surface area contributed by atoms with E-state index in [0.29, 0.717) is 5.56 Å². The molecule has 0 aliphatic rings. The zero-order valence-electron chi connectivity index (χ0n) is 8.84. The van der Waals surface area contributed by atoms with Gasteiger partial charge in [0.2, 0.25) is 0 Å². The number of halogens is 4. The molecule has 0 atom stereocenters. The average molecular weight is 284 g/mol. The van der Waals surface area contributed by atoms with Crippen LogP contribution in [0.1, 0.15) is 23.2 Å². The van der Waals surface area contributed by atoms with Crippen molar-refractivity contribution in [3.8, 4) is 0 Å². The average Bonchev–Trinajstić information content (AvgIpc) is 2.28. The summed E-state index contributed by atoms with van der Waals surface area (Å²) in [4.78, 5) is 14.8. The van der Waals surface area contributed by atoms with E-state index < -0.39 is 18.0 Å². The van der Waals surface area contributed by atoms with E-state index in [1.807, 2.05) is 0 Å². The van der Waals surface area contributed by atoms with Crippen molar-refractivity contribution in [2.24, 2.45) is 0 Å². The number of aromatic nitrogens is 1. The molecule has 1 aromatic rings. The van der Waals surface area contributed by atoms with Crippen molar-refractivity contribution in [1.82, 2.24) is 4.98 Å². The van der Waals surface area contributed by atoms with Gasteiger partial charge in [0.25, 0.3) is 6.43 Å². The molecule has 0 bridgehead atoms. The quantitative estimate of drug-likeness (QED) is 0.484. The number of carbonyl (C=O) groups is 1. The molecular weight excluding hydrogens is 275 g/mol. The van der Waals surface area contributed by atoms with Gasteiger partial charge in [0.05, 0.1) is 24.8 Å². The molecule has 0 amide bonds.